The van der Waals surface area contributed by atoms with E-state index >= 15 is 0 Å². The van der Waals surface area contributed by atoms with E-state index in [-0.39, 0.29) is 23.8 Å². The van der Waals surface area contributed by atoms with E-state index in [2.05, 4.69) is 59.2 Å². The van der Waals surface area contributed by atoms with E-state index in [0.29, 0.717) is 25.7 Å². The molecule has 0 spiro atoms. The second-order valence-electron chi connectivity index (χ2n) is 8.44. The molecule has 1 saturated heterocycles. The van der Waals surface area contributed by atoms with Gasteiger partial charge in [0.1, 0.15) is 0 Å². The molecule has 0 aromatic heterocycles. The molecule has 30 heavy (non-hydrogen) atoms. The van der Waals surface area contributed by atoms with Crippen LogP contribution < -0.4 is 10.6 Å². The van der Waals surface area contributed by atoms with Gasteiger partial charge in [-0.3, -0.25) is 4.79 Å². The molecule has 158 valence electrons. The molecule has 0 bridgehead atoms. The highest BCUT2D eigenvalue weighted by Gasteiger charge is 2.30. The zero-order valence-corrected chi connectivity index (χ0v) is 17.4. The van der Waals surface area contributed by atoms with Crippen LogP contribution in [0.4, 0.5) is 4.79 Å². The highest BCUT2D eigenvalue weighted by molar-refractivity contribution is 5.79. The maximum absolute atomic E-state index is 12.7. The fourth-order valence-electron chi connectivity index (χ4n) is 4.22. The molecule has 5 nitrogen and oxygen atoms in total. The second kappa shape index (κ2) is 9.79. The lowest BCUT2D eigenvalue weighted by molar-refractivity contribution is -0.126. The van der Waals surface area contributed by atoms with Crippen LogP contribution in [0.15, 0.2) is 60.7 Å². The van der Waals surface area contributed by atoms with Crippen molar-refractivity contribution >= 4 is 11.9 Å². The molecule has 1 aliphatic carbocycles. The Hall–Kier alpha value is -2.82. The first-order valence-corrected chi connectivity index (χ1v) is 11.1. The van der Waals surface area contributed by atoms with E-state index in [1.54, 1.807) is 0 Å². The summed E-state index contributed by atoms with van der Waals surface area (Å²) in [7, 11) is 0. The van der Waals surface area contributed by atoms with Gasteiger partial charge < -0.3 is 15.5 Å². The Morgan fingerprint density at radius 1 is 0.867 bits per heavy atom. The average molecular weight is 406 g/mol. The maximum atomic E-state index is 12.7. The van der Waals surface area contributed by atoms with E-state index in [9.17, 15) is 9.59 Å². The Morgan fingerprint density at radius 3 is 1.97 bits per heavy atom. The molecule has 2 N–H and O–H groups in total. The number of rotatable bonds is 7. The van der Waals surface area contributed by atoms with Crippen LogP contribution in [-0.4, -0.2) is 42.5 Å². The summed E-state index contributed by atoms with van der Waals surface area (Å²) in [4.78, 5) is 26.7. The fraction of sp³-hybridized carbons (Fsp3) is 0.440. The number of hydrogen-bond acceptors (Lipinski definition) is 2. The Kier molecular flexibility index (Phi) is 6.67. The predicted molar refractivity (Wildman–Crippen MR) is 118 cm³/mol. The van der Waals surface area contributed by atoms with Crippen molar-refractivity contribution in [2.45, 2.75) is 44.1 Å². The third kappa shape index (κ3) is 5.41. The number of likely N-dealkylation sites (tertiary alicyclic amines) is 1. The first-order valence-electron chi connectivity index (χ1n) is 11.1. The Labute approximate surface area is 178 Å². The lowest BCUT2D eigenvalue weighted by Crippen LogP contribution is -2.47. The molecule has 2 fully saturated rings. The van der Waals surface area contributed by atoms with Gasteiger partial charge in [-0.25, -0.2) is 4.79 Å². The molecule has 1 saturated carbocycles. The molecule has 1 aliphatic heterocycles. The number of amides is 3. The van der Waals surface area contributed by atoms with Crippen LogP contribution in [0.5, 0.6) is 0 Å². The highest BCUT2D eigenvalue weighted by Crippen LogP contribution is 2.27. The standard InChI is InChI=1S/C25H31N3O2/c29-24(21-14-17-28(18-15-21)25(30)27-22-11-12-22)26-16-13-23(19-7-3-1-4-8-19)20-9-5-2-6-10-20/h1-10,21-23H,11-18H2,(H,26,29)(H,27,30). The minimum absolute atomic E-state index is 0.00174. The van der Waals surface area contributed by atoms with Gasteiger partial charge in [-0.1, -0.05) is 60.7 Å². The van der Waals surface area contributed by atoms with Gasteiger partial charge in [-0.15, -0.1) is 0 Å². The molecule has 4 rings (SSSR count). The molecule has 2 aromatic rings. The molecular formula is C25H31N3O2. The largest absolute Gasteiger partial charge is 0.356 e. The molecule has 2 aliphatic rings. The zero-order valence-electron chi connectivity index (χ0n) is 17.4. The van der Waals surface area contributed by atoms with Gasteiger partial charge in [0.2, 0.25) is 5.91 Å². The zero-order chi connectivity index (χ0) is 20.8. The Bertz CT molecular complexity index is 788. The highest BCUT2D eigenvalue weighted by atomic mass is 16.2. The van der Waals surface area contributed by atoms with Crippen molar-refractivity contribution in [1.82, 2.24) is 15.5 Å². The van der Waals surface area contributed by atoms with Gasteiger partial charge in [0.25, 0.3) is 0 Å². The van der Waals surface area contributed by atoms with Crippen LogP contribution in [0.25, 0.3) is 0 Å². The lowest BCUT2D eigenvalue weighted by atomic mass is 9.88. The van der Waals surface area contributed by atoms with Crippen LogP contribution in [0.2, 0.25) is 0 Å². The second-order valence-corrected chi connectivity index (χ2v) is 8.44. The van der Waals surface area contributed by atoms with Gasteiger partial charge in [-0.2, -0.15) is 0 Å². The molecule has 1 heterocycles. The Morgan fingerprint density at radius 2 is 1.43 bits per heavy atom. The van der Waals surface area contributed by atoms with Crippen molar-refractivity contribution in [3.8, 4) is 0 Å². The monoisotopic (exact) mass is 405 g/mol. The van der Waals surface area contributed by atoms with E-state index in [1.807, 2.05) is 17.0 Å². The van der Waals surface area contributed by atoms with E-state index in [4.69, 9.17) is 0 Å². The molecule has 0 radical (unpaired) electrons. The number of hydrogen-bond donors (Lipinski definition) is 2. The predicted octanol–water partition coefficient (Wildman–Crippen LogP) is 3.91. The normalized spacial score (nSPS) is 17.0. The van der Waals surface area contributed by atoms with Crippen molar-refractivity contribution < 1.29 is 9.59 Å². The van der Waals surface area contributed by atoms with Crippen LogP contribution >= 0.6 is 0 Å². The molecular weight excluding hydrogens is 374 g/mol. The fourth-order valence-corrected chi connectivity index (χ4v) is 4.22. The third-order valence-corrected chi connectivity index (χ3v) is 6.19. The quantitative estimate of drug-likeness (QED) is 0.734. The number of benzene rings is 2. The summed E-state index contributed by atoms with van der Waals surface area (Å²) >= 11 is 0. The van der Waals surface area contributed by atoms with E-state index < -0.39 is 0 Å². The molecule has 0 atom stereocenters. The first kappa shape index (κ1) is 20.5. The molecule has 3 amide bonds. The summed E-state index contributed by atoms with van der Waals surface area (Å²) in [5.74, 6) is 0.389. The number of carbonyl (C=O) groups is 2. The molecule has 5 heteroatoms. The molecule has 0 unspecified atom stereocenters. The summed E-state index contributed by atoms with van der Waals surface area (Å²) in [6.45, 7) is 1.97. The average Bonchev–Trinajstić information content (AvgIpc) is 3.62. The topological polar surface area (TPSA) is 61.4 Å². The SMILES string of the molecule is O=C(NCCC(c1ccccc1)c1ccccc1)C1CCN(C(=O)NC2CC2)CC1. The van der Waals surface area contributed by atoms with Gasteiger partial charge in [0.05, 0.1) is 0 Å². The van der Waals surface area contributed by atoms with E-state index in [1.165, 1.54) is 11.1 Å². The number of nitrogens with one attached hydrogen (secondary N) is 2. The number of piperidine rings is 1. The molecule has 2 aromatic carbocycles. The van der Waals surface area contributed by atoms with Crippen LogP contribution in [0.1, 0.15) is 49.1 Å². The smallest absolute Gasteiger partial charge is 0.317 e. The summed E-state index contributed by atoms with van der Waals surface area (Å²) in [6, 6.07) is 21.4. The van der Waals surface area contributed by atoms with Crippen molar-refractivity contribution in [1.29, 1.82) is 0 Å². The van der Waals surface area contributed by atoms with E-state index in [0.717, 1.165) is 32.1 Å². The van der Waals surface area contributed by atoms with Crippen molar-refractivity contribution in [3.63, 3.8) is 0 Å². The van der Waals surface area contributed by atoms with Gasteiger partial charge in [0, 0.05) is 37.5 Å². The summed E-state index contributed by atoms with van der Waals surface area (Å²) in [5, 5.41) is 6.18. The van der Waals surface area contributed by atoms with Gasteiger partial charge in [0.15, 0.2) is 0 Å². The summed E-state index contributed by atoms with van der Waals surface area (Å²) in [5.41, 5.74) is 2.54. The first-order chi connectivity index (χ1) is 14.7. The van der Waals surface area contributed by atoms with Crippen molar-refractivity contribution in [2.24, 2.45) is 5.92 Å². The number of carbonyl (C=O) groups excluding carboxylic acids is 2. The summed E-state index contributed by atoms with van der Waals surface area (Å²) < 4.78 is 0. The maximum Gasteiger partial charge on any atom is 0.317 e. The minimum atomic E-state index is 0.00174. The van der Waals surface area contributed by atoms with Crippen LogP contribution in [0.3, 0.4) is 0 Å². The minimum Gasteiger partial charge on any atom is -0.356 e. The van der Waals surface area contributed by atoms with Gasteiger partial charge >= 0.3 is 6.03 Å². The van der Waals surface area contributed by atoms with Crippen molar-refractivity contribution in [2.75, 3.05) is 19.6 Å². The summed E-state index contributed by atoms with van der Waals surface area (Å²) in [6.07, 6.45) is 4.53. The lowest BCUT2D eigenvalue weighted by Gasteiger charge is -2.31. The Balaban J connectivity index is 1.26. The van der Waals surface area contributed by atoms with Gasteiger partial charge in [-0.05, 0) is 43.2 Å². The number of nitrogens with zero attached hydrogens (tertiary/aromatic N) is 1. The number of urea groups is 1. The van der Waals surface area contributed by atoms with Crippen LogP contribution in [0, 0.1) is 5.92 Å². The third-order valence-electron chi connectivity index (χ3n) is 6.19. The van der Waals surface area contributed by atoms with Crippen LogP contribution in [-0.2, 0) is 4.79 Å². The van der Waals surface area contributed by atoms with Crippen molar-refractivity contribution in [3.05, 3.63) is 71.8 Å².